The van der Waals surface area contributed by atoms with E-state index < -0.39 is 15.6 Å². The number of thiophene rings is 1. The highest BCUT2D eigenvalue weighted by Crippen LogP contribution is 2.14. The fourth-order valence-electron chi connectivity index (χ4n) is 1.83. The zero-order valence-electron chi connectivity index (χ0n) is 10.7. The standard InChI is InChI=1S/C14H14O4S2/c15-8-11-3-1-4-12(7-11)9-20(17,18)10-13(16)14-5-2-6-19-14/h1-7,15H,8-10H2. The molecule has 0 saturated heterocycles. The lowest BCUT2D eigenvalue weighted by atomic mass is 10.1. The van der Waals surface area contributed by atoms with E-state index in [4.69, 9.17) is 5.11 Å². The Morgan fingerprint density at radius 1 is 1.15 bits per heavy atom. The van der Waals surface area contributed by atoms with Crippen molar-refractivity contribution in [2.45, 2.75) is 12.4 Å². The molecule has 1 aromatic carbocycles. The van der Waals surface area contributed by atoms with Gasteiger partial charge < -0.3 is 5.11 Å². The Kier molecular flexibility index (Phi) is 4.69. The Hall–Kier alpha value is -1.50. The summed E-state index contributed by atoms with van der Waals surface area (Å²) in [5.74, 6) is -1.06. The van der Waals surface area contributed by atoms with Gasteiger partial charge in [0.25, 0.3) is 0 Å². The predicted molar refractivity (Wildman–Crippen MR) is 78.5 cm³/mol. The highest BCUT2D eigenvalue weighted by molar-refractivity contribution is 7.91. The number of ketones is 1. The maximum atomic E-state index is 12.0. The summed E-state index contributed by atoms with van der Waals surface area (Å²) < 4.78 is 24.1. The van der Waals surface area contributed by atoms with Crippen LogP contribution in [0.15, 0.2) is 41.8 Å². The Morgan fingerprint density at radius 2 is 1.90 bits per heavy atom. The van der Waals surface area contributed by atoms with Gasteiger partial charge in [-0.3, -0.25) is 4.79 Å². The molecule has 0 aliphatic carbocycles. The molecule has 0 aliphatic rings. The Balaban J connectivity index is 2.09. The Bertz CT molecular complexity index is 688. The van der Waals surface area contributed by atoms with Crippen LogP contribution in [0.4, 0.5) is 0 Å². The lowest BCUT2D eigenvalue weighted by molar-refractivity contribution is 0.102. The molecule has 0 spiro atoms. The van der Waals surface area contributed by atoms with E-state index in [1.54, 1.807) is 41.8 Å². The Morgan fingerprint density at radius 3 is 2.55 bits per heavy atom. The van der Waals surface area contributed by atoms with E-state index in [-0.39, 0.29) is 18.1 Å². The fraction of sp³-hybridized carbons (Fsp3) is 0.214. The summed E-state index contributed by atoms with van der Waals surface area (Å²) in [6.07, 6.45) is 0. The highest BCUT2D eigenvalue weighted by Gasteiger charge is 2.19. The minimum absolute atomic E-state index is 0.137. The molecule has 1 aromatic heterocycles. The summed E-state index contributed by atoms with van der Waals surface area (Å²) in [5.41, 5.74) is 1.23. The summed E-state index contributed by atoms with van der Waals surface area (Å²) in [6, 6.07) is 10.0. The maximum absolute atomic E-state index is 12.0. The molecule has 1 heterocycles. The third kappa shape index (κ3) is 4.00. The first-order chi connectivity index (χ1) is 9.50. The van der Waals surface area contributed by atoms with Crippen molar-refractivity contribution in [3.8, 4) is 0 Å². The molecule has 1 N–H and O–H groups in total. The van der Waals surface area contributed by atoms with Crippen LogP contribution in [0.1, 0.15) is 20.8 Å². The van der Waals surface area contributed by atoms with Crippen molar-refractivity contribution in [3.63, 3.8) is 0 Å². The number of carbonyl (C=O) groups is 1. The molecule has 2 aromatic rings. The van der Waals surface area contributed by atoms with Gasteiger partial charge in [-0.15, -0.1) is 11.3 Å². The minimum Gasteiger partial charge on any atom is -0.392 e. The van der Waals surface area contributed by atoms with Crippen LogP contribution in [0.3, 0.4) is 0 Å². The second-order valence-corrected chi connectivity index (χ2v) is 7.42. The average molecular weight is 310 g/mol. The lowest BCUT2D eigenvalue weighted by Crippen LogP contribution is -2.17. The van der Waals surface area contributed by atoms with Gasteiger partial charge in [0.15, 0.2) is 15.6 Å². The summed E-state index contributed by atoms with van der Waals surface area (Å²) in [4.78, 5) is 12.3. The molecule has 0 saturated carbocycles. The molecular formula is C14H14O4S2. The van der Waals surface area contributed by atoms with Crippen molar-refractivity contribution in [1.82, 2.24) is 0 Å². The maximum Gasteiger partial charge on any atom is 0.187 e. The molecule has 0 radical (unpaired) electrons. The first kappa shape index (κ1) is 14.9. The summed E-state index contributed by atoms with van der Waals surface area (Å²) in [5, 5.41) is 10.8. The Labute approximate surface area is 121 Å². The topological polar surface area (TPSA) is 71.4 Å². The molecule has 0 aliphatic heterocycles. The van der Waals surface area contributed by atoms with E-state index >= 15 is 0 Å². The molecule has 6 heteroatoms. The number of aliphatic hydroxyl groups excluding tert-OH is 1. The van der Waals surface area contributed by atoms with E-state index in [0.717, 1.165) is 0 Å². The van der Waals surface area contributed by atoms with Gasteiger partial charge in [0.2, 0.25) is 0 Å². The molecule has 0 bridgehead atoms. The molecule has 0 atom stereocenters. The van der Waals surface area contributed by atoms with E-state index in [9.17, 15) is 13.2 Å². The van der Waals surface area contributed by atoms with Crippen LogP contribution in [-0.4, -0.2) is 25.1 Å². The van der Waals surface area contributed by atoms with Gasteiger partial charge in [-0.1, -0.05) is 30.3 Å². The molecular weight excluding hydrogens is 296 g/mol. The van der Waals surface area contributed by atoms with Crippen LogP contribution < -0.4 is 0 Å². The number of carbonyl (C=O) groups excluding carboxylic acids is 1. The normalized spacial score (nSPS) is 11.4. The van der Waals surface area contributed by atoms with Crippen LogP contribution in [0.2, 0.25) is 0 Å². The second kappa shape index (κ2) is 6.30. The molecule has 0 fully saturated rings. The van der Waals surface area contributed by atoms with E-state index in [0.29, 0.717) is 16.0 Å². The summed E-state index contributed by atoms with van der Waals surface area (Å²) in [6.45, 7) is -0.137. The van der Waals surface area contributed by atoms with E-state index in [2.05, 4.69) is 0 Å². The van der Waals surface area contributed by atoms with Gasteiger partial charge >= 0.3 is 0 Å². The van der Waals surface area contributed by atoms with Gasteiger partial charge in [-0.2, -0.15) is 0 Å². The summed E-state index contributed by atoms with van der Waals surface area (Å²) >= 11 is 1.24. The van der Waals surface area contributed by atoms with Crippen molar-refractivity contribution < 1.29 is 18.3 Å². The van der Waals surface area contributed by atoms with Crippen molar-refractivity contribution >= 4 is 27.0 Å². The van der Waals surface area contributed by atoms with Crippen LogP contribution >= 0.6 is 11.3 Å². The van der Waals surface area contributed by atoms with Gasteiger partial charge in [0, 0.05) is 0 Å². The SMILES string of the molecule is O=C(CS(=O)(=O)Cc1cccc(CO)c1)c1cccs1. The number of benzene rings is 1. The van der Waals surface area contributed by atoms with Gasteiger partial charge in [-0.25, -0.2) is 8.42 Å². The van der Waals surface area contributed by atoms with Crippen LogP contribution in [0.5, 0.6) is 0 Å². The third-order valence-corrected chi connectivity index (χ3v) is 5.09. The highest BCUT2D eigenvalue weighted by atomic mass is 32.2. The van der Waals surface area contributed by atoms with Crippen molar-refractivity contribution in [1.29, 1.82) is 0 Å². The van der Waals surface area contributed by atoms with Crippen LogP contribution in [-0.2, 0) is 22.2 Å². The molecule has 4 nitrogen and oxygen atoms in total. The summed E-state index contributed by atoms with van der Waals surface area (Å²) in [7, 11) is -3.51. The zero-order valence-corrected chi connectivity index (χ0v) is 12.3. The van der Waals surface area contributed by atoms with Crippen molar-refractivity contribution in [3.05, 3.63) is 57.8 Å². The molecule has 0 amide bonds. The number of Topliss-reactive ketones (excluding diaryl/α,β-unsaturated/α-hetero) is 1. The number of aliphatic hydroxyl groups is 1. The molecule has 0 unspecified atom stereocenters. The minimum atomic E-state index is -3.51. The quantitative estimate of drug-likeness (QED) is 0.829. The number of hydrogen-bond acceptors (Lipinski definition) is 5. The zero-order chi connectivity index (χ0) is 14.6. The smallest absolute Gasteiger partial charge is 0.187 e. The van der Waals surface area contributed by atoms with Crippen molar-refractivity contribution in [2.75, 3.05) is 5.75 Å². The van der Waals surface area contributed by atoms with E-state index in [1.165, 1.54) is 11.3 Å². The van der Waals surface area contributed by atoms with Crippen molar-refractivity contribution in [2.24, 2.45) is 0 Å². The van der Waals surface area contributed by atoms with Crippen LogP contribution in [0, 0.1) is 0 Å². The van der Waals surface area contributed by atoms with Gasteiger partial charge in [0.1, 0.15) is 5.75 Å². The molecule has 2 rings (SSSR count). The predicted octanol–water partition coefficient (Wildman–Crippen LogP) is 2.04. The fourth-order valence-corrected chi connectivity index (χ4v) is 3.93. The first-order valence-electron chi connectivity index (χ1n) is 5.96. The monoisotopic (exact) mass is 310 g/mol. The van der Waals surface area contributed by atoms with Gasteiger partial charge in [-0.05, 0) is 22.6 Å². The average Bonchev–Trinajstić information content (AvgIpc) is 2.91. The third-order valence-electron chi connectivity index (χ3n) is 2.71. The van der Waals surface area contributed by atoms with E-state index in [1.807, 2.05) is 0 Å². The molecule has 20 heavy (non-hydrogen) atoms. The number of rotatable bonds is 6. The molecule has 106 valence electrons. The number of hydrogen-bond donors (Lipinski definition) is 1. The first-order valence-corrected chi connectivity index (χ1v) is 8.66. The second-order valence-electron chi connectivity index (χ2n) is 4.41. The van der Waals surface area contributed by atoms with Gasteiger partial charge in [0.05, 0.1) is 17.2 Å². The largest absolute Gasteiger partial charge is 0.392 e. The lowest BCUT2D eigenvalue weighted by Gasteiger charge is -2.05. The number of sulfone groups is 1. The van der Waals surface area contributed by atoms with Crippen LogP contribution in [0.25, 0.3) is 0 Å².